The predicted molar refractivity (Wildman–Crippen MR) is 68.9 cm³/mol. The van der Waals surface area contributed by atoms with E-state index in [0.717, 1.165) is 28.5 Å². The Hall–Kier alpha value is -0.580. The van der Waals surface area contributed by atoms with Crippen LogP contribution in [0.2, 0.25) is 0 Å². The average Bonchev–Trinajstić information content (AvgIpc) is 2.63. The van der Waals surface area contributed by atoms with Crippen LogP contribution in [0.25, 0.3) is 0 Å². The molecule has 0 N–H and O–H groups in total. The Morgan fingerprint density at radius 1 is 1.53 bits per heavy atom. The maximum absolute atomic E-state index is 12.1. The van der Waals surface area contributed by atoms with Crippen LogP contribution >= 0.6 is 22.6 Å². The van der Waals surface area contributed by atoms with Crippen LogP contribution in [0.4, 0.5) is 0 Å². The standard InChI is InChI=1S/C12H14INO/c1-9-4-3-7-14(9)12(15)10-5-2-6-11(13)8-10/h2,5-6,8-9H,3-4,7H2,1H3/t9-/m0/s1. The summed E-state index contributed by atoms with van der Waals surface area (Å²) in [5, 5.41) is 0. The zero-order valence-corrected chi connectivity index (χ0v) is 10.9. The first-order valence-corrected chi connectivity index (χ1v) is 6.33. The molecule has 1 amide bonds. The fourth-order valence-corrected chi connectivity index (χ4v) is 2.57. The molecule has 1 aliphatic rings. The van der Waals surface area contributed by atoms with Crippen LogP contribution in [-0.2, 0) is 0 Å². The largest absolute Gasteiger partial charge is 0.336 e. The Morgan fingerprint density at radius 2 is 2.33 bits per heavy atom. The summed E-state index contributed by atoms with van der Waals surface area (Å²) in [5.74, 6) is 0.179. The van der Waals surface area contributed by atoms with Crippen molar-refractivity contribution in [1.29, 1.82) is 0 Å². The lowest BCUT2D eigenvalue weighted by molar-refractivity contribution is 0.0747. The van der Waals surface area contributed by atoms with Crippen LogP contribution in [0.3, 0.4) is 0 Å². The zero-order chi connectivity index (χ0) is 10.8. The minimum atomic E-state index is 0.179. The van der Waals surface area contributed by atoms with Crippen molar-refractivity contribution < 1.29 is 4.79 Å². The molecule has 0 aliphatic carbocycles. The first kappa shape index (κ1) is 10.9. The molecule has 1 aromatic carbocycles. The van der Waals surface area contributed by atoms with Gasteiger partial charge in [-0.25, -0.2) is 0 Å². The molecule has 2 nitrogen and oxygen atoms in total. The van der Waals surface area contributed by atoms with E-state index < -0.39 is 0 Å². The molecule has 1 aliphatic heterocycles. The van der Waals surface area contributed by atoms with Gasteiger partial charge in [-0.1, -0.05) is 6.07 Å². The number of nitrogens with zero attached hydrogens (tertiary/aromatic N) is 1. The lowest BCUT2D eigenvalue weighted by Crippen LogP contribution is -2.33. The Balaban J connectivity index is 2.20. The van der Waals surface area contributed by atoms with Crippen molar-refractivity contribution in [2.24, 2.45) is 0 Å². The van der Waals surface area contributed by atoms with E-state index in [-0.39, 0.29) is 5.91 Å². The van der Waals surface area contributed by atoms with Crippen molar-refractivity contribution in [3.05, 3.63) is 33.4 Å². The number of amides is 1. The summed E-state index contributed by atoms with van der Waals surface area (Å²) in [6.45, 7) is 3.03. The van der Waals surface area contributed by atoms with E-state index in [0.29, 0.717) is 6.04 Å². The molecule has 80 valence electrons. The van der Waals surface area contributed by atoms with Gasteiger partial charge in [0.05, 0.1) is 0 Å². The van der Waals surface area contributed by atoms with Gasteiger partial charge in [0.2, 0.25) is 0 Å². The van der Waals surface area contributed by atoms with E-state index in [1.807, 2.05) is 29.2 Å². The molecule has 3 heteroatoms. The summed E-state index contributed by atoms with van der Waals surface area (Å²) in [7, 11) is 0. The molecule has 1 atom stereocenters. The summed E-state index contributed by atoms with van der Waals surface area (Å²) in [6.07, 6.45) is 2.27. The normalized spacial score (nSPS) is 20.7. The number of likely N-dealkylation sites (tertiary alicyclic amines) is 1. The molecule has 0 saturated carbocycles. The molecule has 0 spiro atoms. The van der Waals surface area contributed by atoms with Crippen LogP contribution in [0, 0.1) is 3.57 Å². The molecule has 1 saturated heterocycles. The van der Waals surface area contributed by atoms with Gasteiger partial charge in [-0.05, 0) is 60.6 Å². The van der Waals surface area contributed by atoms with E-state index in [9.17, 15) is 4.79 Å². The van der Waals surface area contributed by atoms with Crippen molar-refractivity contribution in [2.45, 2.75) is 25.8 Å². The molecule has 2 rings (SSSR count). The maximum atomic E-state index is 12.1. The third-order valence-corrected chi connectivity index (χ3v) is 3.56. The summed E-state index contributed by atoms with van der Waals surface area (Å²) in [6, 6.07) is 8.19. The number of benzene rings is 1. The molecule has 0 unspecified atom stereocenters. The topological polar surface area (TPSA) is 20.3 Å². The van der Waals surface area contributed by atoms with E-state index >= 15 is 0 Å². The lowest BCUT2D eigenvalue weighted by Gasteiger charge is -2.21. The summed E-state index contributed by atoms with van der Waals surface area (Å²) >= 11 is 2.24. The molecule has 1 aromatic rings. The molecule has 0 aromatic heterocycles. The molecule has 0 radical (unpaired) electrons. The number of hydrogen-bond acceptors (Lipinski definition) is 1. The summed E-state index contributed by atoms with van der Waals surface area (Å²) in [4.78, 5) is 14.1. The Bertz CT molecular complexity index is 378. The minimum Gasteiger partial charge on any atom is -0.336 e. The SMILES string of the molecule is C[C@H]1CCCN1C(=O)c1cccc(I)c1. The van der Waals surface area contributed by atoms with E-state index in [2.05, 4.69) is 29.5 Å². The van der Waals surface area contributed by atoms with Crippen molar-refractivity contribution >= 4 is 28.5 Å². The van der Waals surface area contributed by atoms with Gasteiger partial charge in [0, 0.05) is 21.7 Å². The number of carbonyl (C=O) groups excluding carboxylic acids is 1. The smallest absolute Gasteiger partial charge is 0.254 e. The van der Waals surface area contributed by atoms with Gasteiger partial charge < -0.3 is 4.90 Å². The number of carbonyl (C=O) groups is 1. The van der Waals surface area contributed by atoms with Gasteiger partial charge in [0.15, 0.2) is 0 Å². The average molecular weight is 315 g/mol. The highest BCUT2D eigenvalue weighted by molar-refractivity contribution is 14.1. The highest BCUT2D eigenvalue weighted by Gasteiger charge is 2.25. The number of halogens is 1. The lowest BCUT2D eigenvalue weighted by atomic mass is 10.2. The fourth-order valence-electron chi connectivity index (χ4n) is 2.02. The quantitative estimate of drug-likeness (QED) is 0.730. The molecular weight excluding hydrogens is 301 g/mol. The molecule has 0 bridgehead atoms. The van der Waals surface area contributed by atoms with Gasteiger partial charge in [-0.2, -0.15) is 0 Å². The minimum absolute atomic E-state index is 0.179. The summed E-state index contributed by atoms with van der Waals surface area (Å²) in [5.41, 5.74) is 0.815. The monoisotopic (exact) mass is 315 g/mol. The number of hydrogen-bond donors (Lipinski definition) is 0. The molecule has 15 heavy (non-hydrogen) atoms. The predicted octanol–water partition coefficient (Wildman–Crippen LogP) is 2.92. The second kappa shape index (κ2) is 4.51. The van der Waals surface area contributed by atoms with Crippen LogP contribution in [0.15, 0.2) is 24.3 Å². The van der Waals surface area contributed by atoms with Crippen molar-refractivity contribution in [1.82, 2.24) is 4.90 Å². The van der Waals surface area contributed by atoms with Crippen molar-refractivity contribution in [3.8, 4) is 0 Å². The third-order valence-electron chi connectivity index (χ3n) is 2.89. The molecule has 1 heterocycles. The first-order chi connectivity index (χ1) is 7.18. The van der Waals surface area contributed by atoms with Gasteiger partial charge in [-0.3, -0.25) is 4.79 Å². The van der Waals surface area contributed by atoms with Gasteiger partial charge in [0.25, 0.3) is 5.91 Å². The molecular formula is C12H14INO. The van der Waals surface area contributed by atoms with Gasteiger partial charge in [0.1, 0.15) is 0 Å². The van der Waals surface area contributed by atoms with E-state index in [1.54, 1.807) is 0 Å². The third kappa shape index (κ3) is 2.33. The Kier molecular flexibility index (Phi) is 3.29. The maximum Gasteiger partial charge on any atom is 0.254 e. The Labute approximate surface area is 104 Å². The van der Waals surface area contributed by atoms with Crippen LogP contribution in [-0.4, -0.2) is 23.4 Å². The second-order valence-electron chi connectivity index (χ2n) is 4.00. The highest BCUT2D eigenvalue weighted by atomic mass is 127. The van der Waals surface area contributed by atoms with Crippen molar-refractivity contribution in [2.75, 3.05) is 6.54 Å². The second-order valence-corrected chi connectivity index (χ2v) is 5.25. The highest BCUT2D eigenvalue weighted by Crippen LogP contribution is 2.20. The van der Waals surface area contributed by atoms with Gasteiger partial charge >= 0.3 is 0 Å². The van der Waals surface area contributed by atoms with Gasteiger partial charge in [-0.15, -0.1) is 0 Å². The van der Waals surface area contributed by atoms with Crippen LogP contribution < -0.4 is 0 Å². The fraction of sp³-hybridized carbons (Fsp3) is 0.417. The number of rotatable bonds is 1. The molecule has 1 fully saturated rings. The van der Waals surface area contributed by atoms with Crippen LogP contribution in [0.5, 0.6) is 0 Å². The zero-order valence-electron chi connectivity index (χ0n) is 8.74. The van der Waals surface area contributed by atoms with E-state index in [1.165, 1.54) is 0 Å². The first-order valence-electron chi connectivity index (χ1n) is 5.25. The van der Waals surface area contributed by atoms with E-state index in [4.69, 9.17) is 0 Å². The van der Waals surface area contributed by atoms with Crippen LogP contribution in [0.1, 0.15) is 30.1 Å². The Morgan fingerprint density at radius 3 is 2.93 bits per heavy atom. The van der Waals surface area contributed by atoms with Crippen molar-refractivity contribution in [3.63, 3.8) is 0 Å². The summed E-state index contributed by atoms with van der Waals surface area (Å²) < 4.78 is 1.12.